The van der Waals surface area contributed by atoms with Crippen LogP contribution in [0.2, 0.25) is 0 Å². The van der Waals surface area contributed by atoms with Gasteiger partial charge >= 0.3 is 95.6 Å². The average molecular weight is 315 g/mol. The van der Waals surface area contributed by atoms with E-state index in [2.05, 4.69) is 52.8 Å². The van der Waals surface area contributed by atoms with Gasteiger partial charge < -0.3 is 24.8 Å². The van der Waals surface area contributed by atoms with Gasteiger partial charge in [0.15, 0.2) is 0 Å². The van der Waals surface area contributed by atoms with Crippen LogP contribution < -0.4 is 24.8 Å². The SMILES string of the molecule is C[C](C)=[Ti+2]([PH]C(C)(C)C)[C]1=CC=CC1.[Cl-].[Cl-]. The molecule has 0 aromatic heterocycles. The number of rotatable bonds is 2. The molecular formula is C12H21Cl2PTi. The van der Waals surface area contributed by atoms with Gasteiger partial charge in [0, 0.05) is 0 Å². The van der Waals surface area contributed by atoms with Gasteiger partial charge in [0.2, 0.25) is 0 Å². The van der Waals surface area contributed by atoms with Crippen LogP contribution in [0, 0.1) is 0 Å². The Labute approximate surface area is 120 Å². The van der Waals surface area contributed by atoms with Crippen LogP contribution in [-0.4, -0.2) is 8.97 Å². The molecule has 1 rings (SSSR count). The third-order valence-corrected chi connectivity index (χ3v) is 14.3. The minimum Gasteiger partial charge on any atom is -1.00 e. The van der Waals surface area contributed by atoms with Gasteiger partial charge in [-0.25, -0.2) is 0 Å². The van der Waals surface area contributed by atoms with E-state index in [4.69, 9.17) is 0 Å². The molecule has 0 fully saturated rings. The molecule has 0 spiro atoms. The van der Waals surface area contributed by atoms with Crippen molar-refractivity contribution in [1.82, 2.24) is 0 Å². The summed E-state index contributed by atoms with van der Waals surface area (Å²) in [4.78, 5) is 0. The molecule has 0 saturated carbocycles. The van der Waals surface area contributed by atoms with Crippen molar-refractivity contribution >= 4 is 10.4 Å². The molecule has 0 nitrogen and oxygen atoms in total. The summed E-state index contributed by atoms with van der Waals surface area (Å²) in [6.07, 6.45) is 8.15. The smallest absolute Gasteiger partial charge is 1.00 e. The number of halogens is 2. The first kappa shape index (κ1) is 19.4. The molecule has 1 aliphatic rings. The van der Waals surface area contributed by atoms with E-state index in [9.17, 15) is 0 Å². The van der Waals surface area contributed by atoms with Crippen molar-refractivity contribution in [3.8, 4) is 0 Å². The predicted molar refractivity (Wildman–Crippen MR) is 66.3 cm³/mol. The van der Waals surface area contributed by atoms with Gasteiger partial charge in [0.1, 0.15) is 0 Å². The quantitative estimate of drug-likeness (QED) is 0.411. The van der Waals surface area contributed by atoms with Gasteiger partial charge in [0.25, 0.3) is 0 Å². The summed E-state index contributed by atoms with van der Waals surface area (Å²) in [7, 11) is 0. The minimum atomic E-state index is -1.03. The molecular weight excluding hydrogens is 294 g/mol. The van der Waals surface area contributed by atoms with Crippen molar-refractivity contribution in [2.24, 2.45) is 0 Å². The summed E-state index contributed by atoms with van der Waals surface area (Å²) in [5, 5.41) is 0.524. The maximum absolute atomic E-state index is 2.38. The second-order valence-corrected chi connectivity index (χ2v) is 13.8. The van der Waals surface area contributed by atoms with E-state index in [0.29, 0.717) is 5.16 Å². The summed E-state index contributed by atoms with van der Waals surface area (Å²) in [6, 6.07) is 0. The van der Waals surface area contributed by atoms with Crippen LogP contribution in [0.4, 0.5) is 0 Å². The van der Waals surface area contributed by atoms with Gasteiger partial charge in [0.05, 0.1) is 0 Å². The zero-order chi connectivity index (χ0) is 10.8. The van der Waals surface area contributed by atoms with E-state index >= 15 is 0 Å². The number of allylic oxidation sites excluding steroid dienone is 4. The van der Waals surface area contributed by atoms with E-state index in [1.807, 2.05) is 0 Å². The van der Waals surface area contributed by atoms with E-state index in [1.54, 1.807) is 7.69 Å². The Morgan fingerprint density at radius 1 is 1.25 bits per heavy atom. The second-order valence-electron chi connectivity index (χ2n) is 5.07. The van der Waals surface area contributed by atoms with Crippen molar-refractivity contribution in [1.29, 1.82) is 0 Å². The summed E-state index contributed by atoms with van der Waals surface area (Å²) in [5.41, 5.74) is 0. The molecule has 1 aliphatic carbocycles. The Balaban J connectivity index is 0. The number of hydrogen-bond donors (Lipinski definition) is 0. The van der Waals surface area contributed by atoms with Crippen LogP contribution in [0.25, 0.3) is 0 Å². The molecule has 0 heterocycles. The zero-order valence-electron chi connectivity index (χ0n) is 10.7. The molecule has 0 aliphatic heterocycles. The molecule has 1 atom stereocenters. The fourth-order valence-corrected chi connectivity index (χ4v) is 10.8. The summed E-state index contributed by atoms with van der Waals surface area (Å²) < 4.78 is 3.51. The van der Waals surface area contributed by atoms with E-state index in [1.165, 1.54) is 13.0 Å². The maximum atomic E-state index is 2.38. The Kier molecular flexibility index (Phi) is 9.98. The van der Waals surface area contributed by atoms with E-state index in [-0.39, 0.29) is 24.8 Å². The molecule has 0 N–H and O–H groups in total. The van der Waals surface area contributed by atoms with Crippen molar-refractivity contribution < 1.29 is 41.7 Å². The van der Waals surface area contributed by atoms with E-state index < -0.39 is 16.9 Å². The van der Waals surface area contributed by atoms with Gasteiger partial charge in [-0.2, -0.15) is 0 Å². The molecule has 4 heteroatoms. The first-order chi connectivity index (χ1) is 6.40. The Morgan fingerprint density at radius 3 is 2.12 bits per heavy atom. The largest absolute Gasteiger partial charge is 1.00 e. The average Bonchev–Trinajstić information content (AvgIpc) is 2.49. The van der Waals surface area contributed by atoms with Crippen LogP contribution in [0.1, 0.15) is 41.0 Å². The topological polar surface area (TPSA) is 0 Å². The fourth-order valence-electron chi connectivity index (χ4n) is 1.53. The monoisotopic (exact) mass is 314 g/mol. The van der Waals surface area contributed by atoms with Crippen molar-refractivity contribution in [3.05, 3.63) is 22.1 Å². The van der Waals surface area contributed by atoms with Crippen molar-refractivity contribution in [2.75, 3.05) is 0 Å². The van der Waals surface area contributed by atoms with Gasteiger partial charge in [-0.3, -0.25) is 0 Å². The van der Waals surface area contributed by atoms with Gasteiger partial charge in [-0.1, -0.05) is 0 Å². The zero-order valence-corrected chi connectivity index (χ0v) is 14.8. The molecule has 0 aromatic carbocycles. The van der Waals surface area contributed by atoms with Crippen LogP contribution in [0.3, 0.4) is 0 Å². The molecule has 0 bridgehead atoms. The van der Waals surface area contributed by atoms with Crippen molar-refractivity contribution in [2.45, 2.75) is 46.2 Å². The Morgan fingerprint density at radius 2 is 1.81 bits per heavy atom. The first-order valence-electron chi connectivity index (χ1n) is 5.22. The van der Waals surface area contributed by atoms with Crippen molar-refractivity contribution in [3.63, 3.8) is 0 Å². The molecule has 0 aromatic rings. The fraction of sp³-hybridized carbons (Fsp3) is 0.583. The third kappa shape index (κ3) is 6.72. The molecule has 1 unspecified atom stereocenters. The molecule has 92 valence electrons. The Hall–Kier alpha value is 1.07. The van der Waals surface area contributed by atoms with E-state index in [0.717, 1.165) is 0 Å². The second kappa shape index (κ2) is 8.22. The standard InChI is InChI=1S/C5H5.C4H10P.C3H6.2ClH.Ti/c1-2-4-5-3-1;1-4(2,3)5;1-3-2;;;/h1-3H,4H2;5H,1-3H3;1-2H3;2*1H;/q;-1;;;;+3/p-2. The summed E-state index contributed by atoms with van der Waals surface area (Å²) in [5.74, 6) is 0. The molecule has 0 saturated heterocycles. The van der Waals surface area contributed by atoms with Crippen LogP contribution in [-0.2, 0) is 16.9 Å². The third-order valence-electron chi connectivity index (χ3n) is 2.09. The molecule has 0 amide bonds. The normalized spacial score (nSPS) is 13.9. The molecule has 0 radical (unpaired) electrons. The molecule has 16 heavy (non-hydrogen) atoms. The van der Waals surface area contributed by atoms with Crippen LogP contribution in [0.15, 0.2) is 22.1 Å². The summed E-state index contributed by atoms with van der Waals surface area (Å²) in [6.45, 7) is 13.0. The first-order valence-corrected chi connectivity index (χ1v) is 10.1. The van der Waals surface area contributed by atoms with Crippen LogP contribution >= 0.6 is 6.57 Å². The Bertz CT molecular complexity index is 307. The van der Waals surface area contributed by atoms with Crippen LogP contribution in [0.5, 0.6) is 0 Å². The predicted octanol–water partition coefficient (Wildman–Crippen LogP) is -1.94. The van der Waals surface area contributed by atoms with Gasteiger partial charge in [-0.15, -0.1) is 0 Å². The summed E-state index contributed by atoms with van der Waals surface area (Å²) >= 11 is -1.03. The minimum absolute atomic E-state index is 0. The number of hydrogen-bond acceptors (Lipinski definition) is 0. The maximum Gasteiger partial charge on any atom is -1.00 e. The van der Waals surface area contributed by atoms with Gasteiger partial charge in [-0.05, 0) is 0 Å².